The first-order valence-electron chi connectivity index (χ1n) is 7.86. The Morgan fingerprint density at radius 1 is 1.32 bits per heavy atom. The van der Waals surface area contributed by atoms with E-state index in [4.69, 9.17) is 0 Å². The van der Waals surface area contributed by atoms with E-state index in [-0.39, 0.29) is 5.41 Å². The van der Waals surface area contributed by atoms with E-state index in [1.807, 2.05) is 0 Å². The molecule has 1 aliphatic heterocycles. The molecule has 112 valence electrons. The highest BCUT2D eigenvalue weighted by Crippen LogP contribution is 2.32. The molecule has 1 amide bonds. The fourth-order valence-electron chi connectivity index (χ4n) is 3.04. The van der Waals surface area contributed by atoms with Crippen LogP contribution in [0, 0.1) is 17.3 Å². The molecule has 0 saturated carbocycles. The predicted octanol–water partition coefficient (Wildman–Crippen LogP) is 4.01. The molecule has 0 aromatic rings. The molecule has 1 heterocycles. The van der Waals surface area contributed by atoms with Crippen LogP contribution in [0.4, 0.5) is 0 Å². The van der Waals surface area contributed by atoms with Gasteiger partial charge in [0, 0.05) is 19.5 Å². The topological polar surface area (TPSA) is 20.3 Å². The van der Waals surface area contributed by atoms with E-state index in [0.717, 1.165) is 44.5 Å². The van der Waals surface area contributed by atoms with E-state index in [2.05, 4.69) is 45.2 Å². The van der Waals surface area contributed by atoms with Gasteiger partial charge < -0.3 is 4.90 Å². The third kappa shape index (κ3) is 4.40. The minimum absolute atomic E-state index is 0.205. The molecule has 0 N–H and O–H groups in total. The van der Waals surface area contributed by atoms with E-state index in [1.165, 1.54) is 6.42 Å². The van der Waals surface area contributed by atoms with Crippen molar-refractivity contribution < 1.29 is 4.79 Å². The normalized spacial score (nSPS) is 21.9. The maximum absolute atomic E-state index is 12.3. The summed E-state index contributed by atoms with van der Waals surface area (Å²) in [6.45, 7) is 10.8. The summed E-state index contributed by atoms with van der Waals surface area (Å²) in [5.74, 6) is 2.63. The number of carbonyl (C=O) groups is 1. The van der Waals surface area contributed by atoms with E-state index in [1.54, 1.807) is 0 Å². The molecule has 0 aromatic carbocycles. The molecular formula is C16H31NOS. The number of rotatable bonds is 6. The summed E-state index contributed by atoms with van der Waals surface area (Å²) in [7, 11) is 0. The first kappa shape index (κ1) is 16.9. The fraction of sp³-hybridized carbons (Fsp3) is 0.938. The van der Waals surface area contributed by atoms with Crippen LogP contribution in [0.2, 0.25) is 0 Å². The van der Waals surface area contributed by atoms with Crippen molar-refractivity contribution in [3.63, 3.8) is 0 Å². The maximum Gasteiger partial charge on any atom is 0.222 e. The number of carbonyl (C=O) groups excluding carboxylic acids is 1. The van der Waals surface area contributed by atoms with Crippen LogP contribution in [-0.2, 0) is 4.79 Å². The SMILES string of the molecule is CCC(CC)(CS)CN1CCC(C(C)C)CCC1=O. The van der Waals surface area contributed by atoms with Crippen molar-refractivity contribution in [3.05, 3.63) is 0 Å². The lowest BCUT2D eigenvalue weighted by Gasteiger charge is -2.36. The smallest absolute Gasteiger partial charge is 0.222 e. The van der Waals surface area contributed by atoms with Crippen molar-refractivity contribution in [2.45, 2.75) is 59.8 Å². The Bertz CT molecular complexity index is 278. The molecule has 1 rings (SSSR count). The number of thiol groups is 1. The third-order valence-electron chi connectivity index (χ3n) is 5.16. The Hall–Kier alpha value is -0.180. The van der Waals surface area contributed by atoms with Crippen molar-refractivity contribution in [1.82, 2.24) is 4.90 Å². The van der Waals surface area contributed by atoms with Crippen LogP contribution in [0.15, 0.2) is 0 Å². The lowest BCUT2D eigenvalue weighted by atomic mass is 9.83. The van der Waals surface area contributed by atoms with E-state index < -0.39 is 0 Å². The lowest BCUT2D eigenvalue weighted by molar-refractivity contribution is -0.132. The fourth-order valence-corrected chi connectivity index (χ4v) is 3.59. The Kier molecular flexibility index (Phi) is 6.72. The molecule has 0 radical (unpaired) electrons. The third-order valence-corrected chi connectivity index (χ3v) is 5.83. The molecule has 2 nitrogen and oxygen atoms in total. The molecule has 0 aromatic heterocycles. The van der Waals surface area contributed by atoms with Gasteiger partial charge in [0.2, 0.25) is 5.91 Å². The summed E-state index contributed by atoms with van der Waals surface area (Å²) in [6, 6.07) is 0. The Morgan fingerprint density at radius 3 is 2.42 bits per heavy atom. The minimum atomic E-state index is 0.205. The monoisotopic (exact) mass is 285 g/mol. The zero-order valence-electron chi connectivity index (χ0n) is 13.1. The van der Waals surface area contributed by atoms with Crippen molar-refractivity contribution in [1.29, 1.82) is 0 Å². The molecule has 1 aliphatic rings. The van der Waals surface area contributed by atoms with Crippen molar-refractivity contribution >= 4 is 18.5 Å². The van der Waals surface area contributed by atoms with Crippen molar-refractivity contribution in [2.24, 2.45) is 17.3 Å². The van der Waals surface area contributed by atoms with E-state index in [9.17, 15) is 4.79 Å². The van der Waals surface area contributed by atoms with Crippen LogP contribution in [0.3, 0.4) is 0 Å². The van der Waals surface area contributed by atoms with Crippen LogP contribution in [-0.4, -0.2) is 29.6 Å². The molecule has 0 spiro atoms. The average Bonchev–Trinajstić information content (AvgIpc) is 2.59. The van der Waals surface area contributed by atoms with Gasteiger partial charge in [0.1, 0.15) is 0 Å². The first-order chi connectivity index (χ1) is 8.98. The number of amides is 1. The summed E-state index contributed by atoms with van der Waals surface area (Å²) >= 11 is 4.53. The van der Waals surface area contributed by atoms with Crippen molar-refractivity contribution in [2.75, 3.05) is 18.8 Å². The Labute approximate surface area is 124 Å². The van der Waals surface area contributed by atoms with Gasteiger partial charge in [-0.3, -0.25) is 4.79 Å². The standard InChI is InChI=1S/C16H31NOS/c1-5-16(6-2,12-19)11-17-10-9-14(13(3)4)7-8-15(17)18/h13-14,19H,5-12H2,1-4H3. The molecule has 0 aliphatic carbocycles. The zero-order valence-corrected chi connectivity index (χ0v) is 14.0. The van der Waals surface area contributed by atoms with Gasteiger partial charge in [-0.15, -0.1) is 0 Å². The zero-order chi connectivity index (χ0) is 14.5. The summed E-state index contributed by atoms with van der Waals surface area (Å²) in [5, 5.41) is 0. The van der Waals surface area contributed by atoms with Gasteiger partial charge in [0.05, 0.1) is 0 Å². The predicted molar refractivity (Wildman–Crippen MR) is 85.6 cm³/mol. The van der Waals surface area contributed by atoms with Gasteiger partial charge in [-0.2, -0.15) is 12.6 Å². The van der Waals surface area contributed by atoms with Crippen LogP contribution in [0.25, 0.3) is 0 Å². The summed E-state index contributed by atoms with van der Waals surface area (Å²) < 4.78 is 0. The molecule has 0 bridgehead atoms. The highest BCUT2D eigenvalue weighted by molar-refractivity contribution is 7.80. The van der Waals surface area contributed by atoms with Gasteiger partial charge in [-0.1, -0.05) is 27.7 Å². The number of hydrogen-bond acceptors (Lipinski definition) is 2. The van der Waals surface area contributed by atoms with E-state index >= 15 is 0 Å². The number of hydrogen-bond donors (Lipinski definition) is 1. The molecule has 1 atom stereocenters. The average molecular weight is 285 g/mol. The second kappa shape index (κ2) is 7.56. The maximum atomic E-state index is 12.3. The highest BCUT2D eigenvalue weighted by Gasteiger charge is 2.31. The lowest BCUT2D eigenvalue weighted by Crippen LogP contribution is -2.41. The van der Waals surface area contributed by atoms with Crippen LogP contribution < -0.4 is 0 Å². The Morgan fingerprint density at radius 2 is 1.95 bits per heavy atom. The van der Waals surface area contributed by atoms with Gasteiger partial charge in [-0.25, -0.2) is 0 Å². The summed E-state index contributed by atoms with van der Waals surface area (Å²) in [4.78, 5) is 14.4. The van der Waals surface area contributed by atoms with Gasteiger partial charge in [0.25, 0.3) is 0 Å². The van der Waals surface area contributed by atoms with Crippen LogP contribution in [0.1, 0.15) is 59.8 Å². The molecule has 1 fully saturated rings. The van der Waals surface area contributed by atoms with Crippen LogP contribution >= 0.6 is 12.6 Å². The van der Waals surface area contributed by atoms with Crippen LogP contribution in [0.5, 0.6) is 0 Å². The quantitative estimate of drug-likeness (QED) is 0.731. The van der Waals surface area contributed by atoms with Gasteiger partial charge >= 0.3 is 0 Å². The molecule has 19 heavy (non-hydrogen) atoms. The second-order valence-corrected chi connectivity index (χ2v) is 6.83. The molecule has 1 unspecified atom stereocenters. The van der Waals surface area contributed by atoms with Crippen molar-refractivity contribution in [3.8, 4) is 0 Å². The van der Waals surface area contributed by atoms with Gasteiger partial charge in [-0.05, 0) is 48.7 Å². The minimum Gasteiger partial charge on any atom is -0.342 e. The Balaban J connectivity index is 2.69. The van der Waals surface area contributed by atoms with E-state index in [0.29, 0.717) is 17.7 Å². The first-order valence-corrected chi connectivity index (χ1v) is 8.50. The second-order valence-electron chi connectivity index (χ2n) is 6.51. The molecule has 3 heteroatoms. The number of nitrogens with zero attached hydrogens (tertiary/aromatic N) is 1. The molecule has 1 saturated heterocycles. The number of likely N-dealkylation sites (tertiary alicyclic amines) is 1. The summed E-state index contributed by atoms with van der Waals surface area (Å²) in [6.07, 6.45) is 5.17. The largest absolute Gasteiger partial charge is 0.342 e. The highest BCUT2D eigenvalue weighted by atomic mass is 32.1. The molecular weight excluding hydrogens is 254 g/mol. The van der Waals surface area contributed by atoms with Gasteiger partial charge in [0.15, 0.2) is 0 Å². The summed E-state index contributed by atoms with van der Waals surface area (Å²) in [5.41, 5.74) is 0.205.